The second-order valence-electron chi connectivity index (χ2n) is 10.6. The first-order chi connectivity index (χ1) is 18.0. The van der Waals surface area contributed by atoms with Gasteiger partial charge in [0.15, 0.2) is 0 Å². The molecule has 2 aromatic heterocycles. The van der Waals surface area contributed by atoms with Crippen LogP contribution in [0.25, 0.3) is 5.69 Å². The fourth-order valence-corrected chi connectivity index (χ4v) is 4.05. The molecule has 0 spiro atoms. The summed E-state index contributed by atoms with van der Waals surface area (Å²) >= 11 is 0. The summed E-state index contributed by atoms with van der Waals surface area (Å²) in [4.78, 5) is 27.9. The highest BCUT2D eigenvalue weighted by molar-refractivity contribution is 5.96. The van der Waals surface area contributed by atoms with Gasteiger partial charge in [-0.2, -0.15) is 5.10 Å². The topological polar surface area (TPSA) is 92.4 Å². The molecule has 2 N–H and O–H groups in total. The number of nitrogens with one attached hydrogen (secondary N) is 2. The van der Waals surface area contributed by atoms with E-state index in [2.05, 4.69) is 37.5 Å². The third-order valence-corrected chi connectivity index (χ3v) is 6.18. The Morgan fingerprint density at radius 3 is 2.29 bits per heavy atom. The summed E-state index contributed by atoms with van der Waals surface area (Å²) in [5, 5.41) is 10.7. The minimum atomic E-state index is -0.404. The van der Waals surface area contributed by atoms with E-state index >= 15 is 0 Å². The van der Waals surface area contributed by atoms with Crippen molar-refractivity contribution < 1.29 is 14.0 Å². The molecule has 2 aromatic carbocycles. The lowest BCUT2D eigenvalue weighted by atomic mass is 9.92. The monoisotopic (exact) mass is 513 g/mol. The van der Waals surface area contributed by atoms with Gasteiger partial charge in [-0.25, -0.2) is 9.48 Å². The molecule has 0 saturated heterocycles. The molecule has 0 radical (unpaired) electrons. The molecule has 0 fully saturated rings. The maximum Gasteiger partial charge on any atom is 0.322 e. The molecule has 0 aliphatic heterocycles. The normalized spacial score (nSPS) is 11.3. The lowest BCUT2D eigenvalue weighted by Gasteiger charge is -2.22. The standard InChI is InChI=1S/C30H35N5O3/c1-20-9-12-23(13-10-20)31-29(37)34(18-24-8-7-15-38-24)19-28(36)32-27-17-26(30(4,5)6)33-35(27)25-14-11-21(2)16-22(25)3/h7-17H,18-19H2,1-6H3,(H,31,37)(H,32,36). The molecule has 38 heavy (non-hydrogen) atoms. The van der Waals surface area contributed by atoms with Crippen molar-refractivity contribution in [3.05, 3.63) is 95.1 Å². The molecule has 4 aromatic rings. The van der Waals surface area contributed by atoms with Crippen LogP contribution in [-0.2, 0) is 16.8 Å². The second kappa shape index (κ2) is 11.0. The molecular formula is C30H35N5O3. The van der Waals surface area contributed by atoms with Gasteiger partial charge in [0.25, 0.3) is 0 Å². The van der Waals surface area contributed by atoms with Gasteiger partial charge in [0.2, 0.25) is 5.91 Å². The first kappa shape index (κ1) is 26.7. The molecule has 198 valence electrons. The molecule has 0 atom stereocenters. The number of aryl methyl sites for hydroxylation is 3. The predicted octanol–water partition coefficient (Wildman–Crippen LogP) is 6.36. The van der Waals surface area contributed by atoms with Gasteiger partial charge >= 0.3 is 6.03 Å². The van der Waals surface area contributed by atoms with E-state index in [9.17, 15) is 9.59 Å². The molecule has 3 amide bonds. The zero-order chi connectivity index (χ0) is 27.4. The number of hydrogen-bond acceptors (Lipinski definition) is 4. The average molecular weight is 514 g/mol. The number of furan rings is 1. The van der Waals surface area contributed by atoms with Crippen LogP contribution in [0.15, 0.2) is 71.3 Å². The summed E-state index contributed by atoms with van der Waals surface area (Å²) < 4.78 is 7.21. The first-order valence-electron chi connectivity index (χ1n) is 12.6. The maximum absolute atomic E-state index is 13.3. The predicted molar refractivity (Wildman–Crippen MR) is 150 cm³/mol. The largest absolute Gasteiger partial charge is 0.467 e. The summed E-state index contributed by atoms with van der Waals surface area (Å²) in [6.45, 7) is 12.2. The Kier molecular flexibility index (Phi) is 7.71. The van der Waals surface area contributed by atoms with E-state index in [0.29, 0.717) is 17.3 Å². The van der Waals surface area contributed by atoms with E-state index in [1.165, 1.54) is 4.90 Å². The van der Waals surface area contributed by atoms with Crippen molar-refractivity contribution in [1.29, 1.82) is 0 Å². The molecule has 0 aliphatic carbocycles. The SMILES string of the molecule is Cc1ccc(NC(=O)N(CC(=O)Nc2cc(C(C)(C)C)nn2-c2ccc(C)cc2C)Cc2ccco2)cc1. The number of aromatic nitrogens is 2. The quantitative estimate of drug-likeness (QED) is 0.301. The van der Waals surface area contributed by atoms with Crippen LogP contribution in [0.5, 0.6) is 0 Å². The number of hydrogen-bond donors (Lipinski definition) is 2. The Bertz CT molecular complexity index is 1410. The number of benzene rings is 2. The van der Waals surface area contributed by atoms with Gasteiger partial charge in [0.1, 0.15) is 18.1 Å². The molecule has 8 heteroatoms. The maximum atomic E-state index is 13.3. The Labute approximate surface area is 223 Å². The van der Waals surface area contributed by atoms with Crippen molar-refractivity contribution >= 4 is 23.4 Å². The van der Waals surface area contributed by atoms with Crippen molar-refractivity contribution in [3.63, 3.8) is 0 Å². The molecule has 2 heterocycles. The number of anilines is 2. The Hall–Kier alpha value is -4.33. The van der Waals surface area contributed by atoms with Crippen LogP contribution in [0.4, 0.5) is 16.3 Å². The Morgan fingerprint density at radius 2 is 1.66 bits per heavy atom. The summed E-state index contributed by atoms with van der Waals surface area (Å²) in [7, 11) is 0. The molecule has 0 unspecified atom stereocenters. The Balaban J connectivity index is 1.58. The van der Waals surface area contributed by atoms with E-state index in [1.807, 2.05) is 63.2 Å². The molecule has 0 bridgehead atoms. The average Bonchev–Trinajstić information content (AvgIpc) is 3.50. The number of amides is 3. The summed E-state index contributed by atoms with van der Waals surface area (Å²) in [6.07, 6.45) is 1.54. The fourth-order valence-electron chi connectivity index (χ4n) is 4.05. The van der Waals surface area contributed by atoms with Gasteiger partial charge in [0.05, 0.1) is 24.2 Å². The number of carbonyl (C=O) groups is 2. The van der Waals surface area contributed by atoms with Gasteiger partial charge in [-0.15, -0.1) is 0 Å². The second-order valence-corrected chi connectivity index (χ2v) is 10.6. The van der Waals surface area contributed by atoms with Crippen molar-refractivity contribution in [2.75, 3.05) is 17.2 Å². The van der Waals surface area contributed by atoms with Gasteiger partial charge in [-0.05, 0) is 56.7 Å². The van der Waals surface area contributed by atoms with Gasteiger partial charge in [-0.3, -0.25) is 4.79 Å². The number of urea groups is 1. The lowest BCUT2D eigenvalue weighted by molar-refractivity contribution is -0.116. The molecular weight excluding hydrogens is 478 g/mol. The molecule has 8 nitrogen and oxygen atoms in total. The summed E-state index contributed by atoms with van der Waals surface area (Å²) in [5.74, 6) is 0.776. The minimum absolute atomic E-state index is 0.141. The lowest BCUT2D eigenvalue weighted by Crippen LogP contribution is -2.40. The summed E-state index contributed by atoms with van der Waals surface area (Å²) in [6, 6.07) is 18.6. The van der Waals surface area contributed by atoms with E-state index < -0.39 is 6.03 Å². The fraction of sp³-hybridized carbons (Fsp3) is 0.300. The van der Waals surface area contributed by atoms with Crippen molar-refractivity contribution in [2.45, 2.75) is 53.5 Å². The van der Waals surface area contributed by atoms with E-state index in [0.717, 1.165) is 28.1 Å². The zero-order valence-electron chi connectivity index (χ0n) is 22.8. The van der Waals surface area contributed by atoms with Crippen LogP contribution in [0, 0.1) is 20.8 Å². The Morgan fingerprint density at radius 1 is 0.947 bits per heavy atom. The zero-order valence-corrected chi connectivity index (χ0v) is 22.8. The van der Waals surface area contributed by atoms with Crippen LogP contribution >= 0.6 is 0 Å². The third kappa shape index (κ3) is 6.51. The van der Waals surface area contributed by atoms with Gasteiger partial charge in [-0.1, -0.05) is 56.2 Å². The summed E-state index contributed by atoms with van der Waals surface area (Å²) in [5.41, 5.74) is 5.43. The molecule has 4 rings (SSSR count). The van der Waals surface area contributed by atoms with Crippen LogP contribution < -0.4 is 10.6 Å². The third-order valence-electron chi connectivity index (χ3n) is 6.18. The van der Waals surface area contributed by atoms with Crippen LogP contribution in [0.3, 0.4) is 0 Å². The molecule has 0 saturated carbocycles. The van der Waals surface area contributed by atoms with E-state index in [4.69, 9.17) is 9.52 Å². The van der Waals surface area contributed by atoms with Crippen molar-refractivity contribution in [1.82, 2.24) is 14.7 Å². The number of carbonyl (C=O) groups excluding carboxylic acids is 2. The van der Waals surface area contributed by atoms with E-state index in [-0.39, 0.29) is 24.4 Å². The van der Waals surface area contributed by atoms with Gasteiger partial charge < -0.3 is 20.0 Å². The van der Waals surface area contributed by atoms with Crippen LogP contribution in [0.1, 0.15) is 48.9 Å². The number of rotatable bonds is 7. The van der Waals surface area contributed by atoms with Crippen LogP contribution in [0.2, 0.25) is 0 Å². The first-order valence-corrected chi connectivity index (χ1v) is 12.6. The molecule has 0 aliphatic rings. The van der Waals surface area contributed by atoms with Crippen LogP contribution in [-0.4, -0.2) is 33.2 Å². The van der Waals surface area contributed by atoms with Crippen molar-refractivity contribution in [3.8, 4) is 5.69 Å². The highest BCUT2D eigenvalue weighted by Crippen LogP contribution is 2.28. The number of nitrogens with zero attached hydrogens (tertiary/aromatic N) is 3. The highest BCUT2D eigenvalue weighted by atomic mass is 16.3. The highest BCUT2D eigenvalue weighted by Gasteiger charge is 2.24. The van der Waals surface area contributed by atoms with Gasteiger partial charge in [0, 0.05) is 17.2 Å². The van der Waals surface area contributed by atoms with Crippen molar-refractivity contribution in [2.24, 2.45) is 0 Å². The minimum Gasteiger partial charge on any atom is -0.467 e. The van der Waals surface area contributed by atoms with E-state index in [1.54, 1.807) is 23.1 Å². The smallest absolute Gasteiger partial charge is 0.322 e.